The van der Waals surface area contributed by atoms with Crippen LogP contribution in [0, 0.1) is 0 Å². The molecule has 6 nitrogen and oxygen atoms in total. The van der Waals surface area contributed by atoms with Crippen LogP contribution in [0.4, 0.5) is 0 Å². The lowest BCUT2D eigenvalue weighted by molar-refractivity contribution is 0.0728. The quantitative estimate of drug-likeness (QED) is 0.366. The molecule has 0 radical (unpaired) electrons. The second-order valence-electron chi connectivity index (χ2n) is 8.48. The van der Waals surface area contributed by atoms with Crippen molar-refractivity contribution in [1.29, 1.82) is 0 Å². The lowest BCUT2D eigenvalue weighted by atomic mass is 10.1. The smallest absolute Gasteiger partial charge is 0.256 e. The molecule has 1 amide bonds. The Morgan fingerprint density at radius 1 is 0.912 bits per heavy atom. The number of amides is 1. The molecule has 0 atom stereocenters. The van der Waals surface area contributed by atoms with Crippen LogP contribution in [0.1, 0.15) is 21.6 Å². The maximum Gasteiger partial charge on any atom is 0.256 e. The molecule has 5 aromatic rings. The second kappa shape index (κ2) is 8.23. The number of hydrogen-bond donors (Lipinski definition) is 0. The number of pyridine rings is 1. The fourth-order valence-corrected chi connectivity index (χ4v) is 4.60. The molecule has 0 saturated heterocycles. The molecule has 0 bridgehead atoms. The van der Waals surface area contributed by atoms with E-state index in [2.05, 4.69) is 27.8 Å². The van der Waals surface area contributed by atoms with E-state index >= 15 is 0 Å². The number of benzene rings is 3. The first-order valence-corrected chi connectivity index (χ1v) is 11.2. The number of para-hydroxylation sites is 2. The van der Waals surface area contributed by atoms with Crippen LogP contribution in [0.3, 0.4) is 0 Å². The number of carbonyl (C=O) groups is 1. The number of carbonyl (C=O) groups excluding carboxylic acids is 1. The predicted octanol–water partition coefficient (Wildman–Crippen LogP) is 5.30. The monoisotopic (exact) mass is 449 g/mol. The van der Waals surface area contributed by atoms with E-state index in [0.717, 1.165) is 33.3 Å². The molecule has 6 heteroatoms. The fraction of sp³-hybridized carbons (Fsp3) is 0.143. The summed E-state index contributed by atoms with van der Waals surface area (Å²) in [6.07, 6.45) is 1.73. The van der Waals surface area contributed by atoms with Gasteiger partial charge < -0.3 is 18.9 Å². The third-order valence-corrected chi connectivity index (χ3v) is 6.36. The molecule has 3 aromatic carbocycles. The maximum absolute atomic E-state index is 13.9. The Kier molecular flexibility index (Phi) is 4.91. The molecule has 0 fully saturated rings. The van der Waals surface area contributed by atoms with Gasteiger partial charge in [0, 0.05) is 36.4 Å². The van der Waals surface area contributed by atoms with Crippen LogP contribution in [-0.4, -0.2) is 27.2 Å². The molecule has 0 N–H and O–H groups in total. The van der Waals surface area contributed by atoms with Crippen LogP contribution < -0.4 is 9.47 Å². The lowest BCUT2D eigenvalue weighted by Gasteiger charge is -2.24. The van der Waals surface area contributed by atoms with Gasteiger partial charge in [-0.1, -0.05) is 42.5 Å². The Balaban J connectivity index is 1.41. The van der Waals surface area contributed by atoms with E-state index < -0.39 is 0 Å². The highest BCUT2D eigenvalue weighted by molar-refractivity contribution is 6.05. The fourth-order valence-electron chi connectivity index (χ4n) is 4.60. The van der Waals surface area contributed by atoms with Gasteiger partial charge in [-0.15, -0.1) is 0 Å². The Morgan fingerprint density at radius 3 is 2.65 bits per heavy atom. The van der Waals surface area contributed by atoms with Gasteiger partial charge in [-0.3, -0.25) is 9.78 Å². The molecule has 1 aliphatic rings. The maximum atomic E-state index is 13.9. The Labute approximate surface area is 197 Å². The van der Waals surface area contributed by atoms with Crippen molar-refractivity contribution in [2.75, 3.05) is 6.79 Å². The standard InChI is InChI=1S/C28H23N3O3/c1-30-22(15-21-6-2-3-10-24(21)30)17-31(16-19-11-12-25-26(14-19)34-18-33-25)28(32)23-9-4-7-20-8-5-13-29-27(20)23/h2-15H,16-18H2,1H3. The van der Waals surface area contributed by atoms with Crippen molar-refractivity contribution >= 4 is 27.7 Å². The summed E-state index contributed by atoms with van der Waals surface area (Å²) in [7, 11) is 2.04. The summed E-state index contributed by atoms with van der Waals surface area (Å²) in [6, 6.07) is 25.8. The molecule has 0 unspecified atom stereocenters. The molecule has 2 aromatic heterocycles. The summed E-state index contributed by atoms with van der Waals surface area (Å²) in [6.45, 7) is 1.11. The Bertz CT molecular complexity index is 1530. The average molecular weight is 450 g/mol. The first kappa shape index (κ1) is 20.3. The number of fused-ring (bicyclic) bond motifs is 3. The number of ether oxygens (including phenoxy) is 2. The number of hydrogen-bond acceptors (Lipinski definition) is 4. The third kappa shape index (κ3) is 3.53. The molecule has 0 saturated carbocycles. The normalized spacial score (nSPS) is 12.4. The van der Waals surface area contributed by atoms with E-state index in [1.54, 1.807) is 6.20 Å². The number of aromatic nitrogens is 2. The minimum absolute atomic E-state index is 0.0628. The summed E-state index contributed by atoms with van der Waals surface area (Å²) in [5.41, 5.74) is 4.48. The van der Waals surface area contributed by atoms with Crippen LogP contribution in [-0.2, 0) is 20.1 Å². The first-order valence-electron chi connectivity index (χ1n) is 11.2. The molecule has 3 heterocycles. The minimum atomic E-state index is -0.0628. The molecule has 0 aliphatic carbocycles. The molecule has 1 aliphatic heterocycles. The molecular weight excluding hydrogens is 426 g/mol. The summed E-state index contributed by atoms with van der Waals surface area (Å²) in [5.74, 6) is 1.38. The van der Waals surface area contributed by atoms with Crippen LogP contribution in [0.2, 0.25) is 0 Å². The van der Waals surface area contributed by atoms with Crippen LogP contribution >= 0.6 is 0 Å². The van der Waals surface area contributed by atoms with E-state index in [9.17, 15) is 4.79 Å². The van der Waals surface area contributed by atoms with Gasteiger partial charge in [0.1, 0.15) is 0 Å². The highest BCUT2D eigenvalue weighted by atomic mass is 16.7. The number of nitrogens with zero attached hydrogens (tertiary/aromatic N) is 3. The Hall–Kier alpha value is -4.32. The summed E-state index contributed by atoms with van der Waals surface area (Å²) < 4.78 is 13.2. The summed E-state index contributed by atoms with van der Waals surface area (Å²) in [4.78, 5) is 20.3. The van der Waals surface area contributed by atoms with Gasteiger partial charge in [-0.25, -0.2) is 0 Å². The van der Waals surface area contributed by atoms with Gasteiger partial charge in [0.2, 0.25) is 6.79 Å². The highest BCUT2D eigenvalue weighted by Crippen LogP contribution is 2.33. The zero-order valence-corrected chi connectivity index (χ0v) is 18.8. The Morgan fingerprint density at radius 2 is 1.74 bits per heavy atom. The molecular formula is C28H23N3O3. The zero-order valence-electron chi connectivity index (χ0n) is 18.8. The minimum Gasteiger partial charge on any atom is -0.454 e. The number of rotatable bonds is 5. The second-order valence-corrected chi connectivity index (χ2v) is 8.48. The van der Waals surface area contributed by atoms with Crippen molar-refractivity contribution in [3.8, 4) is 11.5 Å². The number of aryl methyl sites for hydroxylation is 1. The van der Waals surface area contributed by atoms with Gasteiger partial charge in [0.05, 0.1) is 17.6 Å². The van der Waals surface area contributed by atoms with E-state index in [1.165, 1.54) is 0 Å². The van der Waals surface area contributed by atoms with E-state index in [1.807, 2.05) is 72.6 Å². The largest absolute Gasteiger partial charge is 0.454 e. The van der Waals surface area contributed by atoms with Crippen molar-refractivity contribution in [2.45, 2.75) is 13.1 Å². The summed E-state index contributed by atoms with van der Waals surface area (Å²) >= 11 is 0. The van der Waals surface area contributed by atoms with Crippen molar-refractivity contribution in [1.82, 2.24) is 14.5 Å². The van der Waals surface area contributed by atoms with Gasteiger partial charge in [0.15, 0.2) is 11.5 Å². The van der Waals surface area contributed by atoms with Gasteiger partial charge >= 0.3 is 0 Å². The van der Waals surface area contributed by atoms with Crippen LogP contribution in [0.5, 0.6) is 11.5 Å². The third-order valence-electron chi connectivity index (χ3n) is 6.36. The van der Waals surface area contributed by atoms with Gasteiger partial charge in [-0.2, -0.15) is 0 Å². The molecule has 6 rings (SSSR count). The van der Waals surface area contributed by atoms with Crippen molar-refractivity contribution < 1.29 is 14.3 Å². The lowest BCUT2D eigenvalue weighted by Crippen LogP contribution is -2.31. The van der Waals surface area contributed by atoms with Gasteiger partial charge in [-0.05, 0) is 47.3 Å². The molecule has 34 heavy (non-hydrogen) atoms. The van der Waals surface area contributed by atoms with Crippen molar-refractivity contribution in [3.05, 3.63) is 102 Å². The van der Waals surface area contributed by atoms with Crippen molar-refractivity contribution in [2.24, 2.45) is 7.05 Å². The summed E-state index contributed by atoms with van der Waals surface area (Å²) in [5, 5.41) is 2.10. The van der Waals surface area contributed by atoms with E-state index in [4.69, 9.17) is 9.47 Å². The van der Waals surface area contributed by atoms with Crippen LogP contribution in [0.15, 0.2) is 85.1 Å². The highest BCUT2D eigenvalue weighted by Gasteiger charge is 2.22. The molecule has 168 valence electrons. The predicted molar refractivity (Wildman–Crippen MR) is 131 cm³/mol. The topological polar surface area (TPSA) is 56.6 Å². The SMILES string of the molecule is Cn1c(CN(Cc2ccc3c(c2)OCO3)C(=O)c2cccc3cccnc23)cc2ccccc21. The van der Waals surface area contributed by atoms with E-state index in [-0.39, 0.29) is 12.7 Å². The first-order chi connectivity index (χ1) is 16.7. The molecule has 0 spiro atoms. The van der Waals surface area contributed by atoms with Crippen molar-refractivity contribution in [3.63, 3.8) is 0 Å². The average Bonchev–Trinajstić information content (AvgIpc) is 3.47. The van der Waals surface area contributed by atoms with Crippen LogP contribution in [0.25, 0.3) is 21.8 Å². The zero-order chi connectivity index (χ0) is 23.1. The van der Waals surface area contributed by atoms with E-state index in [0.29, 0.717) is 29.9 Å². The van der Waals surface area contributed by atoms with Gasteiger partial charge in [0.25, 0.3) is 5.91 Å².